The molecule has 1 saturated carbocycles. The lowest BCUT2D eigenvalue weighted by Crippen LogP contribution is -2.20. The summed E-state index contributed by atoms with van der Waals surface area (Å²) >= 11 is 0. The second-order valence-electron chi connectivity index (χ2n) is 8.11. The maximum absolute atomic E-state index is 12.6. The monoisotopic (exact) mass is 392 g/mol. The van der Waals surface area contributed by atoms with E-state index in [9.17, 15) is 9.59 Å². The summed E-state index contributed by atoms with van der Waals surface area (Å²) in [7, 11) is 0. The molecule has 1 fully saturated rings. The predicted octanol–water partition coefficient (Wildman–Crippen LogP) is 4.32. The van der Waals surface area contributed by atoms with Crippen molar-refractivity contribution in [2.45, 2.75) is 70.3 Å². The molecule has 1 atom stereocenters. The van der Waals surface area contributed by atoms with Crippen molar-refractivity contribution in [3.63, 3.8) is 0 Å². The average molecular weight is 393 g/mol. The Morgan fingerprint density at radius 1 is 1.21 bits per heavy atom. The number of fused-ring (bicyclic) bond motifs is 1. The molecule has 4 rings (SSSR count). The first-order valence-electron chi connectivity index (χ1n) is 10.6. The highest BCUT2D eigenvalue weighted by Crippen LogP contribution is 2.31. The van der Waals surface area contributed by atoms with Crippen LogP contribution in [-0.4, -0.2) is 25.3 Å². The first-order valence-corrected chi connectivity index (χ1v) is 10.6. The van der Waals surface area contributed by atoms with Crippen molar-refractivity contribution in [1.29, 1.82) is 0 Å². The van der Waals surface area contributed by atoms with E-state index in [0.29, 0.717) is 17.6 Å². The van der Waals surface area contributed by atoms with E-state index in [2.05, 4.69) is 22.1 Å². The van der Waals surface area contributed by atoms with Crippen LogP contribution in [0.15, 0.2) is 41.5 Å². The van der Waals surface area contributed by atoms with Crippen LogP contribution in [0.4, 0.5) is 0 Å². The first-order chi connectivity index (χ1) is 14.1. The first kappa shape index (κ1) is 19.6. The third-order valence-corrected chi connectivity index (χ3v) is 6.03. The van der Waals surface area contributed by atoms with E-state index < -0.39 is 0 Å². The molecule has 2 heterocycles. The van der Waals surface area contributed by atoms with Gasteiger partial charge < -0.3 is 9.55 Å². The molecule has 0 bridgehead atoms. The van der Waals surface area contributed by atoms with E-state index in [1.54, 1.807) is 13.3 Å². The number of H-pyrrole nitrogens is 1. The lowest BCUT2D eigenvalue weighted by atomic mass is 9.89. The van der Waals surface area contributed by atoms with Crippen molar-refractivity contribution in [1.82, 2.24) is 19.5 Å². The Hall–Kier alpha value is -2.76. The maximum Gasteiger partial charge on any atom is 0.279 e. The third-order valence-electron chi connectivity index (χ3n) is 6.03. The van der Waals surface area contributed by atoms with Crippen LogP contribution in [0.1, 0.15) is 75.2 Å². The zero-order valence-electron chi connectivity index (χ0n) is 16.9. The highest BCUT2D eigenvalue weighted by molar-refractivity contribution is 5.82. The van der Waals surface area contributed by atoms with Gasteiger partial charge in [-0.05, 0) is 44.6 Å². The molecule has 6 nitrogen and oxygen atoms in total. The van der Waals surface area contributed by atoms with Gasteiger partial charge in [-0.2, -0.15) is 0 Å². The average Bonchev–Trinajstić information content (AvgIpc) is 3.16. The van der Waals surface area contributed by atoms with Crippen molar-refractivity contribution in [3.05, 3.63) is 58.4 Å². The summed E-state index contributed by atoms with van der Waals surface area (Å²) in [5.41, 5.74) is 1.91. The predicted molar refractivity (Wildman–Crippen MR) is 113 cm³/mol. The van der Waals surface area contributed by atoms with Crippen molar-refractivity contribution < 1.29 is 4.79 Å². The largest absolute Gasteiger partial charge is 0.308 e. The molecule has 2 aromatic heterocycles. The van der Waals surface area contributed by atoms with Gasteiger partial charge >= 0.3 is 0 Å². The number of aryl methyl sites for hydroxylation is 1. The number of aromatic nitrogens is 4. The third kappa shape index (κ3) is 4.31. The quantitative estimate of drug-likeness (QED) is 0.649. The van der Waals surface area contributed by atoms with Crippen LogP contribution in [-0.2, 0) is 11.2 Å². The van der Waals surface area contributed by atoms with Gasteiger partial charge in [0, 0.05) is 5.92 Å². The normalized spacial score (nSPS) is 16.2. The van der Waals surface area contributed by atoms with Gasteiger partial charge in [-0.25, -0.2) is 9.97 Å². The fraction of sp³-hybridized carbons (Fsp3) is 0.478. The number of aromatic amines is 1. The van der Waals surface area contributed by atoms with Crippen LogP contribution in [0.2, 0.25) is 0 Å². The van der Waals surface area contributed by atoms with Gasteiger partial charge in [-0.15, -0.1) is 0 Å². The Bertz CT molecular complexity index is 1030. The second-order valence-corrected chi connectivity index (χ2v) is 8.11. The Kier molecular flexibility index (Phi) is 5.88. The molecule has 6 heteroatoms. The minimum absolute atomic E-state index is 0.0682. The van der Waals surface area contributed by atoms with Crippen LogP contribution in [0.5, 0.6) is 0 Å². The Morgan fingerprint density at radius 3 is 2.69 bits per heavy atom. The van der Waals surface area contributed by atoms with Crippen LogP contribution in [0, 0.1) is 0 Å². The van der Waals surface area contributed by atoms with Crippen molar-refractivity contribution in [2.24, 2.45) is 0 Å². The number of Topliss-reactive ketones (excluding diaryl/α,β-unsaturated/α-hetero) is 1. The number of imidazole rings is 1. The highest BCUT2D eigenvalue weighted by Gasteiger charge is 2.23. The number of benzene rings is 1. The fourth-order valence-corrected chi connectivity index (χ4v) is 4.42. The molecule has 3 aromatic rings. The number of hydrogen-bond acceptors (Lipinski definition) is 4. The summed E-state index contributed by atoms with van der Waals surface area (Å²) in [6.07, 6.45) is 9.78. The summed E-state index contributed by atoms with van der Waals surface area (Å²) in [5, 5.41) is 0. The summed E-state index contributed by atoms with van der Waals surface area (Å²) in [4.78, 5) is 37.0. The van der Waals surface area contributed by atoms with Crippen molar-refractivity contribution in [3.8, 4) is 0 Å². The van der Waals surface area contributed by atoms with Crippen LogP contribution in [0.25, 0.3) is 11.2 Å². The van der Waals surface area contributed by atoms with E-state index in [0.717, 1.165) is 31.5 Å². The van der Waals surface area contributed by atoms with Gasteiger partial charge in [0.05, 0.1) is 12.4 Å². The number of carbonyl (C=O) groups excluding carboxylic acids is 1. The minimum Gasteiger partial charge on any atom is -0.308 e. The molecule has 1 aliphatic rings. The standard InChI is InChI=1S/C23H28N4O2/c1-16(28)19(14-8-11-17-9-4-2-5-10-17)27-15-24-20-22(27)25-21(26-23(20)29)18-12-6-3-7-13-18/h2,4-5,9-10,15,18-19H,3,6-8,11-14H2,1H3,(H,25,26,29). The summed E-state index contributed by atoms with van der Waals surface area (Å²) in [6.45, 7) is 1.61. The molecule has 0 radical (unpaired) electrons. The number of carbonyl (C=O) groups is 1. The maximum atomic E-state index is 12.6. The Balaban J connectivity index is 1.60. The summed E-state index contributed by atoms with van der Waals surface area (Å²) < 4.78 is 1.81. The van der Waals surface area contributed by atoms with Gasteiger partial charge in [-0.3, -0.25) is 9.59 Å². The molecule has 1 N–H and O–H groups in total. The Morgan fingerprint density at radius 2 is 1.97 bits per heavy atom. The molecule has 1 aromatic carbocycles. The van der Waals surface area contributed by atoms with Crippen molar-refractivity contribution in [2.75, 3.05) is 0 Å². The molecule has 0 spiro atoms. The Labute approximate surface area is 170 Å². The van der Waals surface area contributed by atoms with E-state index >= 15 is 0 Å². The van der Waals surface area contributed by atoms with Crippen LogP contribution in [0.3, 0.4) is 0 Å². The molecule has 0 saturated heterocycles. The van der Waals surface area contributed by atoms with Gasteiger partial charge in [0.1, 0.15) is 5.82 Å². The van der Waals surface area contributed by atoms with Gasteiger partial charge in [0.2, 0.25) is 0 Å². The van der Waals surface area contributed by atoms with E-state index in [1.165, 1.54) is 24.8 Å². The molecule has 29 heavy (non-hydrogen) atoms. The number of ketones is 1. The molecular weight excluding hydrogens is 364 g/mol. The van der Waals surface area contributed by atoms with Gasteiger partial charge in [-0.1, -0.05) is 49.6 Å². The van der Waals surface area contributed by atoms with Crippen molar-refractivity contribution >= 4 is 16.9 Å². The fourth-order valence-electron chi connectivity index (χ4n) is 4.42. The number of rotatable bonds is 7. The zero-order chi connectivity index (χ0) is 20.2. The van der Waals surface area contributed by atoms with E-state index in [1.807, 2.05) is 22.8 Å². The zero-order valence-corrected chi connectivity index (χ0v) is 16.9. The van der Waals surface area contributed by atoms with Crippen LogP contribution < -0.4 is 5.56 Å². The van der Waals surface area contributed by atoms with Gasteiger partial charge in [0.15, 0.2) is 16.9 Å². The lowest BCUT2D eigenvalue weighted by molar-refractivity contribution is -0.120. The minimum atomic E-state index is -0.350. The van der Waals surface area contributed by atoms with E-state index in [4.69, 9.17) is 4.98 Å². The summed E-state index contributed by atoms with van der Waals surface area (Å²) in [5.74, 6) is 1.10. The second kappa shape index (κ2) is 8.72. The molecule has 1 aliphatic carbocycles. The molecule has 1 unspecified atom stereocenters. The lowest BCUT2D eigenvalue weighted by Gasteiger charge is -2.21. The number of hydrogen-bond donors (Lipinski definition) is 1. The highest BCUT2D eigenvalue weighted by atomic mass is 16.1. The smallest absolute Gasteiger partial charge is 0.279 e. The molecule has 0 amide bonds. The van der Waals surface area contributed by atoms with Crippen LogP contribution >= 0.6 is 0 Å². The van der Waals surface area contributed by atoms with E-state index in [-0.39, 0.29) is 23.3 Å². The molecular formula is C23H28N4O2. The molecule has 0 aliphatic heterocycles. The number of nitrogens with zero attached hydrogens (tertiary/aromatic N) is 3. The summed E-state index contributed by atoms with van der Waals surface area (Å²) in [6, 6.07) is 9.93. The number of nitrogens with one attached hydrogen (secondary N) is 1. The molecule has 152 valence electrons. The SMILES string of the molecule is CC(=O)C(CCCc1ccccc1)n1cnc2c(=O)[nH]c(C3CCCCC3)nc21. The van der Waals surface area contributed by atoms with Gasteiger partial charge in [0.25, 0.3) is 5.56 Å². The topological polar surface area (TPSA) is 80.6 Å².